The minimum atomic E-state index is -4.12. The van der Waals surface area contributed by atoms with E-state index >= 15 is 0 Å². The van der Waals surface area contributed by atoms with E-state index in [1.165, 1.54) is 18.2 Å². The van der Waals surface area contributed by atoms with Crippen LogP contribution in [-0.2, 0) is 27.9 Å². The van der Waals surface area contributed by atoms with E-state index in [0.29, 0.717) is 0 Å². The molecule has 40 heavy (non-hydrogen) atoms. The van der Waals surface area contributed by atoms with Gasteiger partial charge in [-0.3, -0.25) is 4.79 Å². The van der Waals surface area contributed by atoms with Gasteiger partial charge in [-0.05, 0) is 72.6 Å². The number of ketones is 1. The summed E-state index contributed by atoms with van der Waals surface area (Å²) in [5.74, 6) is -0.549. The van der Waals surface area contributed by atoms with Gasteiger partial charge in [-0.15, -0.1) is 0 Å². The molecule has 0 fully saturated rings. The minimum absolute atomic E-state index is 0.0792. The van der Waals surface area contributed by atoms with Gasteiger partial charge >= 0.3 is 0 Å². The lowest BCUT2D eigenvalue weighted by atomic mass is 9.97. The number of carbonyl (C=O) groups is 1. The molecule has 6 nitrogen and oxygen atoms in total. The van der Waals surface area contributed by atoms with E-state index in [2.05, 4.69) is 102 Å². The van der Waals surface area contributed by atoms with Gasteiger partial charge in [0, 0.05) is 0 Å². The van der Waals surface area contributed by atoms with Crippen LogP contribution in [-0.4, -0.2) is 57.5 Å². The Morgan fingerprint density at radius 1 is 0.650 bits per heavy atom. The highest BCUT2D eigenvalue weighted by molar-refractivity contribution is 7.96. The van der Waals surface area contributed by atoms with Crippen molar-refractivity contribution < 1.29 is 26.5 Å². The molecule has 0 bridgehead atoms. The van der Waals surface area contributed by atoms with Crippen LogP contribution in [0, 0.1) is 0 Å². The van der Waals surface area contributed by atoms with E-state index in [1.807, 2.05) is 0 Å². The van der Waals surface area contributed by atoms with Crippen molar-refractivity contribution in [3.05, 3.63) is 41.3 Å². The van der Waals surface area contributed by atoms with Crippen molar-refractivity contribution in [3.63, 3.8) is 0 Å². The fourth-order valence-electron chi connectivity index (χ4n) is 3.62. The largest absolute Gasteiger partial charge is 0.408 e. The maximum Gasteiger partial charge on any atom is 0.209 e. The third-order valence-electron chi connectivity index (χ3n) is 9.48. The van der Waals surface area contributed by atoms with Gasteiger partial charge in [-0.2, -0.15) is 0 Å². The van der Waals surface area contributed by atoms with Gasteiger partial charge in [-0.1, -0.05) is 80.5 Å². The normalized spacial score (nSPS) is 22.3. The first kappa shape index (κ1) is 35.3. The number of sulfone groups is 1. The van der Waals surface area contributed by atoms with Gasteiger partial charge in [0.05, 0.1) is 11.0 Å². The molecule has 0 radical (unpaired) electrons. The fraction of sp³-hybridized carbons (Fsp3) is 0.700. The summed E-state index contributed by atoms with van der Waals surface area (Å²) >= 11 is 0. The first-order chi connectivity index (χ1) is 17.7. The predicted octanol–water partition coefficient (Wildman–Crippen LogP) is 8.10. The molecule has 1 aromatic rings. The van der Waals surface area contributed by atoms with Crippen LogP contribution in [0.2, 0.25) is 54.4 Å². The van der Waals surface area contributed by atoms with Gasteiger partial charge in [0.25, 0.3) is 0 Å². The number of hydrogen-bond acceptors (Lipinski definition) is 6. The summed E-state index contributed by atoms with van der Waals surface area (Å²) in [5.41, 5.74) is 0. The molecule has 0 spiro atoms. The third-order valence-corrected chi connectivity index (χ3v) is 24.7. The molecule has 0 aliphatic heterocycles. The van der Waals surface area contributed by atoms with Crippen molar-refractivity contribution in [2.45, 2.75) is 140 Å². The standard InChI is InChI=1S/C30H54O6SSi3/c1-28(2,3)38(10,11)34-23-21-24(37(32,33)22-19-17-16-18-20-22)25(31)27(36-40(14,15)30(7,8)9)26(23)35-39(12,13)29(4,5)6/h16-21,23,26-27H,1-15H3/t23-,26-,27-/m1/s1. The topological polar surface area (TPSA) is 78.9 Å². The molecule has 228 valence electrons. The summed E-state index contributed by atoms with van der Waals surface area (Å²) in [6.45, 7) is 31.9. The number of hydrogen-bond donors (Lipinski definition) is 0. The number of carbonyl (C=O) groups excluding carboxylic acids is 1. The Balaban J connectivity index is 2.87. The summed E-state index contributed by atoms with van der Waals surface area (Å²) in [7, 11) is -11.5. The Hall–Kier alpha value is -0.889. The highest BCUT2D eigenvalue weighted by Gasteiger charge is 2.54. The van der Waals surface area contributed by atoms with Crippen LogP contribution >= 0.6 is 0 Å². The molecule has 1 aromatic carbocycles. The lowest BCUT2D eigenvalue weighted by molar-refractivity contribution is -0.131. The second-order valence-electron chi connectivity index (χ2n) is 15.7. The van der Waals surface area contributed by atoms with Crippen LogP contribution in [0.5, 0.6) is 0 Å². The molecule has 0 saturated heterocycles. The zero-order valence-corrected chi connectivity index (χ0v) is 31.4. The molecule has 3 atom stereocenters. The first-order valence-electron chi connectivity index (χ1n) is 14.3. The van der Waals surface area contributed by atoms with Crippen LogP contribution in [0.25, 0.3) is 0 Å². The average Bonchev–Trinajstić information content (AvgIpc) is 2.75. The summed E-state index contributed by atoms with van der Waals surface area (Å²) in [5, 5.41) is -0.485. The van der Waals surface area contributed by atoms with Crippen molar-refractivity contribution in [2.24, 2.45) is 0 Å². The molecule has 0 unspecified atom stereocenters. The number of benzene rings is 1. The highest BCUT2D eigenvalue weighted by atomic mass is 32.2. The lowest BCUT2D eigenvalue weighted by Gasteiger charge is -2.49. The van der Waals surface area contributed by atoms with Crippen molar-refractivity contribution in [1.29, 1.82) is 0 Å². The molecule has 0 saturated carbocycles. The molecule has 0 heterocycles. The molecule has 0 amide bonds. The second-order valence-corrected chi connectivity index (χ2v) is 31.9. The van der Waals surface area contributed by atoms with Gasteiger partial charge in [0.1, 0.15) is 17.1 Å². The molecule has 0 aromatic heterocycles. The quantitative estimate of drug-likeness (QED) is 0.271. The number of rotatable bonds is 8. The van der Waals surface area contributed by atoms with Crippen LogP contribution in [0.4, 0.5) is 0 Å². The summed E-state index contributed by atoms with van der Waals surface area (Å²) in [6.07, 6.45) is -1.08. The van der Waals surface area contributed by atoms with Gasteiger partial charge in [0.15, 0.2) is 25.0 Å². The van der Waals surface area contributed by atoms with E-state index < -0.39 is 58.9 Å². The van der Waals surface area contributed by atoms with E-state index in [4.69, 9.17) is 13.3 Å². The Morgan fingerprint density at radius 3 is 1.48 bits per heavy atom. The highest BCUT2D eigenvalue weighted by Crippen LogP contribution is 2.45. The average molecular weight is 627 g/mol. The van der Waals surface area contributed by atoms with Gasteiger partial charge < -0.3 is 13.3 Å². The van der Waals surface area contributed by atoms with Gasteiger partial charge in [0.2, 0.25) is 15.6 Å². The Morgan fingerprint density at radius 2 is 1.05 bits per heavy atom. The monoisotopic (exact) mass is 626 g/mol. The molecule has 1 aliphatic rings. The van der Waals surface area contributed by atoms with Crippen LogP contribution in [0.3, 0.4) is 0 Å². The maximum absolute atomic E-state index is 14.3. The lowest BCUT2D eigenvalue weighted by Crippen LogP contribution is -2.61. The summed E-state index contributed by atoms with van der Waals surface area (Å²) < 4.78 is 48.7. The molecular formula is C30H54O6SSi3. The molecular weight excluding hydrogens is 573 g/mol. The van der Waals surface area contributed by atoms with Crippen LogP contribution in [0.1, 0.15) is 62.3 Å². The van der Waals surface area contributed by atoms with Crippen molar-refractivity contribution >= 4 is 40.6 Å². The Kier molecular flexibility index (Phi) is 9.99. The van der Waals surface area contributed by atoms with E-state index in [1.54, 1.807) is 18.2 Å². The van der Waals surface area contributed by atoms with Gasteiger partial charge in [-0.25, -0.2) is 8.42 Å². The molecule has 2 rings (SSSR count). The van der Waals surface area contributed by atoms with Crippen LogP contribution in [0.15, 0.2) is 46.2 Å². The molecule has 0 N–H and O–H groups in total. The first-order valence-corrected chi connectivity index (χ1v) is 24.5. The molecule has 1 aliphatic carbocycles. The summed E-state index contributed by atoms with van der Waals surface area (Å²) in [6, 6.07) is 8.13. The minimum Gasteiger partial charge on any atom is -0.408 e. The number of Topliss-reactive ketones (excluding diaryl/α,β-unsaturated/α-hetero) is 1. The van der Waals surface area contributed by atoms with E-state index in [-0.39, 0.29) is 24.9 Å². The van der Waals surface area contributed by atoms with Crippen LogP contribution < -0.4 is 0 Å². The van der Waals surface area contributed by atoms with Crippen molar-refractivity contribution in [2.75, 3.05) is 0 Å². The Labute approximate surface area is 247 Å². The fourth-order valence-corrected chi connectivity index (χ4v) is 8.84. The zero-order valence-electron chi connectivity index (χ0n) is 27.6. The van der Waals surface area contributed by atoms with E-state index in [0.717, 1.165) is 0 Å². The zero-order chi connectivity index (χ0) is 31.3. The van der Waals surface area contributed by atoms with Crippen molar-refractivity contribution in [3.8, 4) is 0 Å². The SMILES string of the molecule is CC(C)(C)[Si](C)(C)O[C@H]1[C@H](O[Si](C)(C)C(C)(C)C)C(=O)C(S(=O)(=O)c2ccccc2)=C[C@H]1O[Si](C)(C)C(C)(C)C. The van der Waals surface area contributed by atoms with Crippen molar-refractivity contribution in [1.82, 2.24) is 0 Å². The van der Waals surface area contributed by atoms with E-state index in [9.17, 15) is 13.2 Å². The second kappa shape index (κ2) is 11.3. The predicted molar refractivity (Wildman–Crippen MR) is 173 cm³/mol. The maximum atomic E-state index is 14.3. The molecule has 10 heteroatoms. The summed E-state index contributed by atoms with van der Waals surface area (Å²) in [4.78, 5) is 14.2. The third kappa shape index (κ3) is 7.36. The Bertz CT molecular complexity index is 1200. The smallest absolute Gasteiger partial charge is 0.209 e.